The number of alkyl halides is 3. The molecule has 3 unspecified atom stereocenters. The summed E-state index contributed by atoms with van der Waals surface area (Å²) in [5.74, 6) is -1.71. The fourth-order valence-corrected chi connectivity index (χ4v) is 2.71. The first-order valence-corrected chi connectivity index (χ1v) is 6.55. The highest BCUT2D eigenvalue weighted by atomic mass is 19.4. The summed E-state index contributed by atoms with van der Waals surface area (Å²) in [6.07, 6.45) is -2.62. The molecule has 1 amide bonds. The average Bonchev–Trinajstić information content (AvgIpc) is 2.77. The van der Waals surface area contributed by atoms with Gasteiger partial charge in [0.1, 0.15) is 5.54 Å². The third-order valence-corrected chi connectivity index (χ3v) is 3.98. The van der Waals surface area contributed by atoms with Crippen LogP contribution in [0.1, 0.15) is 32.1 Å². The van der Waals surface area contributed by atoms with E-state index in [1.807, 2.05) is 0 Å². The van der Waals surface area contributed by atoms with E-state index in [-0.39, 0.29) is 19.4 Å². The number of halogens is 3. The summed E-state index contributed by atoms with van der Waals surface area (Å²) in [7, 11) is 0. The lowest BCUT2D eigenvalue weighted by atomic mass is 9.84. The van der Waals surface area contributed by atoms with Crippen molar-refractivity contribution in [3.8, 4) is 0 Å². The predicted octanol–water partition coefficient (Wildman–Crippen LogP) is 1.34. The van der Waals surface area contributed by atoms with Crippen molar-refractivity contribution in [3.63, 3.8) is 0 Å². The van der Waals surface area contributed by atoms with Gasteiger partial charge in [-0.2, -0.15) is 13.2 Å². The Labute approximate surface area is 109 Å². The van der Waals surface area contributed by atoms with E-state index >= 15 is 0 Å². The number of amides is 1. The Morgan fingerprint density at radius 3 is 2.68 bits per heavy atom. The highest BCUT2D eigenvalue weighted by molar-refractivity contribution is 5.86. The maximum absolute atomic E-state index is 12.7. The van der Waals surface area contributed by atoms with Crippen molar-refractivity contribution in [2.75, 3.05) is 13.2 Å². The fraction of sp³-hybridized carbons (Fsp3) is 0.917. The number of carbonyl (C=O) groups excluding carboxylic acids is 1. The molecule has 3 atom stereocenters. The minimum atomic E-state index is -4.18. The van der Waals surface area contributed by atoms with Crippen molar-refractivity contribution in [1.29, 1.82) is 0 Å². The van der Waals surface area contributed by atoms with Crippen LogP contribution in [0.2, 0.25) is 0 Å². The summed E-state index contributed by atoms with van der Waals surface area (Å²) in [4.78, 5) is 12.0. The molecule has 2 aliphatic rings. The second kappa shape index (κ2) is 5.28. The molecule has 1 saturated carbocycles. The fourth-order valence-electron chi connectivity index (χ4n) is 2.71. The van der Waals surface area contributed by atoms with Gasteiger partial charge in [-0.3, -0.25) is 4.79 Å². The van der Waals surface area contributed by atoms with Crippen LogP contribution >= 0.6 is 0 Å². The topological polar surface area (TPSA) is 64.4 Å². The second-order valence-electron chi connectivity index (χ2n) is 5.53. The lowest BCUT2D eigenvalue weighted by Crippen LogP contribution is -2.57. The standard InChI is InChI=1S/C12H19F3N2O2/c13-12(14,15)8-2-1-3-9(6-8)17-10(18)11(16)4-5-19-7-11/h8-9H,1-7,16H2,(H,17,18). The Balaban J connectivity index is 1.90. The molecule has 2 rings (SSSR count). The molecule has 0 bridgehead atoms. The van der Waals surface area contributed by atoms with Crippen LogP contribution in [0.5, 0.6) is 0 Å². The Kier molecular flexibility index (Phi) is 4.06. The van der Waals surface area contributed by atoms with Crippen molar-refractivity contribution in [2.45, 2.75) is 49.9 Å². The zero-order valence-electron chi connectivity index (χ0n) is 10.6. The molecule has 2 fully saturated rings. The zero-order chi connectivity index (χ0) is 14.1. The van der Waals surface area contributed by atoms with Gasteiger partial charge in [-0.05, 0) is 25.7 Å². The van der Waals surface area contributed by atoms with Crippen molar-refractivity contribution >= 4 is 5.91 Å². The molecule has 1 aliphatic carbocycles. The van der Waals surface area contributed by atoms with Crippen LogP contribution in [0.4, 0.5) is 13.2 Å². The van der Waals surface area contributed by atoms with E-state index in [0.717, 1.165) is 0 Å². The summed E-state index contributed by atoms with van der Waals surface area (Å²) in [5.41, 5.74) is 4.80. The van der Waals surface area contributed by atoms with E-state index < -0.39 is 29.6 Å². The van der Waals surface area contributed by atoms with Gasteiger partial charge in [-0.1, -0.05) is 6.42 Å². The lowest BCUT2D eigenvalue weighted by Gasteiger charge is -2.33. The third-order valence-electron chi connectivity index (χ3n) is 3.98. The molecular weight excluding hydrogens is 261 g/mol. The van der Waals surface area contributed by atoms with E-state index in [2.05, 4.69) is 5.32 Å². The number of ether oxygens (including phenoxy) is 1. The first-order chi connectivity index (χ1) is 8.81. The van der Waals surface area contributed by atoms with Crippen LogP contribution in [0.3, 0.4) is 0 Å². The number of nitrogens with two attached hydrogens (primary N) is 1. The van der Waals surface area contributed by atoms with Crippen LogP contribution in [0.15, 0.2) is 0 Å². The summed E-state index contributed by atoms with van der Waals surface area (Å²) in [6.45, 7) is 0.550. The number of rotatable bonds is 2. The minimum absolute atomic E-state index is 0.0494. The highest BCUT2D eigenvalue weighted by Crippen LogP contribution is 2.37. The molecule has 4 nitrogen and oxygen atoms in total. The molecule has 7 heteroatoms. The highest BCUT2D eigenvalue weighted by Gasteiger charge is 2.44. The molecule has 3 N–H and O–H groups in total. The summed E-state index contributed by atoms with van der Waals surface area (Å²) in [6, 6.07) is -0.436. The molecule has 110 valence electrons. The van der Waals surface area contributed by atoms with Gasteiger partial charge in [0.05, 0.1) is 12.5 Å². The van der Waals surface area contributed by atoms with Crippen molar-refractivity contribution in [3.05, 3.63) is 0 Å². The van der Waals surface area contributed by atoms with Gasteiger partial charge in [-0.15, -0.1) is 0 Å². The van der Waals surface area contributed by atoms with Crippen LogP contribution < -0.4 is 11.1 Å². The average molecular weight is 280 g/mol. The van der Waals surface area contributed by atoms with Gasteiger partial charge in [-0.25, -0.2) is 0 Å². The van der Waals surface area contributed by atoms with Gasteiger partial charge in [0.2, 0.25) is 5.91 Å². The Morgan fingerprint density at radius 1 is 1.37 bits per heavy atom. The molecule has 0 radical (unpaired) electrons. The van der Waals surface area contributed by atoms with Gasteiger partial charge >= 0.3 is 6.18 Å². The minimum Gasteiger partial charge on any atom is -0.379 e. The molecule has 19 heavy (non-hydrogen) atoms. The van der Waals surface area contributed by atoms with Gasteiger partial charge in [0, 0.05) is 12.6 Å². The maximum atomic E-state index is 12.7. The first-order valence-electron chi connectivity index (χ1n) is 6.55. The predicted molar refractivity (Wildman–Crippen MR) is 62.3 cm³/mol. The van der Waals surface area contributed by atoms with Gasteiger partial charge < -0.3 is 15.8 Å². The quantitative estimate of drug-likeness (QED) is 0.802. The zero-order valence-corrected chi connectivity index (χ0v) is 10.6. The summed E-state index contributed by atoms with van der Waals surface area (Å²) < 4.78 is 43.1. The molecule has 1 heterocycles. The third kappa shape index (κ3) is 3.39. The monoisotopic (exact) mass is 280 g/mol. The van der Waals surface area contributed by atoms with Gasteiger partial charge in [0.25, 0.3) is 0 Å². The van der Waals surface area contributed by atoms with Crippen molar-refractivity contribution < 1.29 is 22.7 Å². The SMILES string of the molecule is NC1(C(=O)NC2CCCC(C(F)(F)F)C2)CCOC1. The summed E-state index contributed by atoms with van der Waals surface area (Å²) in [5, 5.41) is 2.66. The van der Waals surface area contributed by atoms with Crippen LogP contribution in [0, 0.1) is 5.92 Å². The van der Waals surface area contributed by atoms with Crippen LogP contribution in [-0.4, -0.2) is 36.9 Å². The summed E-state index contributed by atoms with van der Waals surface area (Å²) >= 11 is 0. The molecule has 0 spiro atoms. The normalized spacial score (nSPS) is 36.2. The Bertz CT molecular complexity index is 340. The first kappa shape index (κ1) is 14.6. The lowest BCUT2D eigenvalue weighted by molar-refractivity contribution is -0.184. The number of nitrogens with one attached hydrogen (secondary N) is 1. The van der Waals surface area contributed by atoms with E-state index in [4.69, 9.17) is 10.5 Å². The second-order valence-corrected chi connectivity index (χ2v) is 5.53. The largest absolute Gasteiger partial charge is 0.391 e. The van der Waals surface area contributed by atoms with E-state index in [1.165, 1.54) is 0 Å². The number of hydrogen-bond acceptors (Lipinski definition) is 3. The molecule has 0 aromatic heterocycles. The van der Waals surface area contributed by atoms with Crippen molar-refractivity contribution in [1.82, 2.24) is 5.32 Å². The molecular formula is C12H19F3N2O2. The van der Waals surface area contributed by atoms with Gasteiger partial charge in [0.15, 0.2) is 0 Å². The van der Waals surface area contributed by atoms with E-state index in [1.54, 1.807) is 0 Å². The van der Waals surface area contributed by atoms with Crippen molar-refractivity contribution in [2.24, 2.45) is 11.7 Å². The van der Waals surface area contributed by atoms with E-state index in [9.17, 15) is 18.0 Å². The molecule has 1 saturated heterocycles. The Morgan fingerprint density at radius 2 is 2.11 bits per heavy atom. The van der Waals surface area contributed by atoms with Crippen LogP contribution in [-0.2, 0) is 9.53 Å². The molecule has 0 aromatic carbocycles. The molecule has 1 aliphatic heterocycles. The smallest absolute Gasteiger partial charge is 0.379 e. The number of carbonyl (C=O) groups is 1. The molecule has 0 aromatic rings. The number of hydrogen-bond donors (Lipinski definition) is 2. The maximum Gasteiger partial charge on any atom is 0.391 e. The van der Waals surface area contributed by atoms with E-state index in [0.29, 0.717) is 25.9 Å². The van der Waals surface area contributed by atoms with Crippen LogP contribution in [0.25, 0.3) is 0 Å². The Hall–Kier alpha value is -0.820.